The van der Waals surface area contributed by atoms with E-state index in [1.54, 1.807) is 0 Å². The lowest BCUT2D eigenvalue weighted by Crippen LogP contribution is -2.20. The number of thiazole rings is 1. The van der Waals surface area contributed by atoms with Crippen LogP contribution >= 0.6 is 11.3 Å². The minimum Gasteiger partial charge on any atom is -0.493 e. The summed E-state index contributed by atoms with van der Waals surface area (Å²) in [4.78, 5) is 29.7. The molecule has 0 spiro atoms. The van der Waals surface area contributed by atoms with Crippen LogP contribution in [0.1, 0.15) is 117 Å². The van der Waals surface area contributed by atoms with Gasteiger partial charge in [-0.15, -0.1) is 0 Å². The van der Waals surface area contributed by atoms with Gasteiger partial charge >= 0.3 is 4.87 Å². The Morgan fingerprint density at radius 1 is 0.875 bits per heavy atom. The van der Waals surface area contributed by atoms with Crippen molar-refractivity contribution < 1.29 is 14.6 Å². The molecule has 0 aliphatic heterocycles. The average molecular weight is 567 g/mol. The Kier molecular flexibility index (Phi) is 14.0. The van der Waals surface area contributed by atoms with Crippen LogP contribution in [0.3, 0.4) is 0 Å². The average Bonchev–Trinajstić information content (AvgIpc) is 3.25. The zero-order chi connectivity index (χ0) is 28.6. The zero-order valence-electron chi connectivity index (χ0n) is 24.3. The maximum absolute atomic E-state index is 12.7. The van der Waals surface area contributed by atoms with Crippen LogP contribution < -0.4 is 9.61 Å². The molecule has 0 fully saturated rings. The fraction of sp³-hybridized carbons (Fsp3) is 0.545. The fourth-order valence-electron chi connectivity index (χ4n) is 4.77. The molecule has 6 nitrogen and oxygen atoms in total. The van der Waals surface area contributed by atoms with Crippen molar-refractivity contribution >= 4 is 17.2 Å². The summed E-state index contributed by atoms with van der Waals surface area (Å²) >= 11 is 0.940. The maximum Gasteiger partial charge on any atom is 0.317 e. The van der Waals surface area contributed by atoms with Gasteiger partial charge in [-0.05, 0) is 42.2 Å². The molecule has 0 atom stereocenters. The maximum atomic E-state index is 12.7. The third-order valence-corrected chi connectivity index (χ3v) is 8.24. The zero-order valence-corrected chi connectivity index (χ0v) is 25.1. The van der Waals surface area contributed by atoms with Gasteiger partial charge in [0, 0.05) is 31.2 Å². The van der Waals surface area contributed by atoms with Crippen LogP contribution in [0.15, 0.2) is 47.4 Å². The highest BCUT2D eigenvalue weighted by molar-refractivity contribution is 7.09. The van der Waals surface area contributed by atoms with E-state index in [2.05, 4.69) is 24.9 Å². The molecule has 0 bridgehead atoms. The summed E-state index contributed by atoms with van der Waals surface area (Å²) in [7, 11) is 0. The van der Waals surface area contributed by atoms with Crippen LogP contribution in [0, 0.1) is 0 Å². The van der Waals surface area contributed by atoms with Crippen molar-refractivity contribution in [2.75, 3.05) is 6.61 Å². The molecule has 1 N–H and O–H groups in total. The van der Waals surface area contributed by atoms with Crippen molar-refractivity contribution in [3.63, 3.8) is 0 Å². The number of aryl methyl sites for hydroxylation is 1. The molecule has 3 aromatic rings. The van der Waals surface area contributed by atoms with Crippen LogP contribution in [0.2, 0.25) is 0 Å². The summed E-state index contributed by atoms with van der Waals surface area (Å²) in [5, 5.41) is 10.7. The van der Waals surface area contributed by atoms with Gasteiger partial charge in [-0.3, -0.25) is 14.6 Å². The molecule has 2 heterocycles. The molecule has 0 aliphatic carbocycles. The highest BCUT2D eigenvalue weighted by Gasteiger charge is 2.19. The number of carbonyl (C=O) groups excluding carboxylic acids is 1. The molecule has 7 heteroatoms. The van der Waals surface area contributed by atoms with Gasteiger partial charge in [0.05, 0.1) is 11.5 Å². The second kappa shape index (κ2) is 17.7. The minimum atomic E-state index is -0.416. The Bertz CT molecular complexity index is 1200. The van der Waals surface area contributed by atoms with Crippen LogP contribution in [0.25, 0.3) is 0 Å². The van der Waals surface area contributed by atoms with E-state index in [9.17, 15) is 14.7 Å². The number of carbonyl (C=O) groups is 1. The van der Waals surface area contributed by atoms with Gasteiger partial charge in [-0.25, -0.2) is 4.57 Å². The van der Waals surface area contributed by atoms with E-state index >= 15 is 0 Å². The monoisotopic (exact) mass is 566 g/mol. The standard InChI is InChI=1S/C33H46N2O4S/c1-3-5-6-7-8-9-10-11-12-13-14-15-31(36)35-32(37)30(40-33(35)38)24-27-17-20-29(21-18-27)39-23-22-28-19-16-26(4-2)25-34-28/h16-21,25,37H,3-15,22-24H2,1-2H3. The molecular formula is C33H46N2O4S. The molecule has 0 radical (unpaired) electrons. The van der Waals surface area contributed by atoms with Crippen molar-refractivity contribution in [2.24, 2.45) is 0 Å². The predicted octanol–water partition coefficient (Wildman–Crippen LogP) is 8.13. The SMILES string of the molecule is CCCCCCCCCCCCCC(=O)n1c(O)c(Cc2ccc(OCCc3ccc(CC)cn3)cc2)sc1=O. The third-order valence-electron chi connectivity index (χ3n) is 7.31. The van der Waals surface area contributed by atoms with E-state index in [1.165, 1.54) is 56.9 Å². The number of rotatable bonds is 19. The Hall–Kier alpha value is -2.93. The lowest BCUT2D eigenvalue weighted by Gasteiger charge is -2.08. The molecular weight excluding hydrogens is 520 g/mol. The van der Waals surface area contributed by atoms with Gasteiger partial charge in [0.1, 0.15) is 5.75 Å². The van der Waals surface area contributed by atoms with Gasteiger partial charge in [0.15, 0.2) is 0 Å². The highest BCUT2D eigenvalue weighted by atomic mass is 32.1. The van der Waals surface area contributed by atoms with Crippen molar-refractivity contribution in [1.82, 2.24) is 9.55 Å². The molecule has 40 heavy (non-hydrogen) atoms. The largest absolute Gasteiger partial charge is 0.493 e. The normalized spacial score (nSPS) is 11.2. The molecule has 2 aromatic heterocycles. The summed E-state index contributed by atoms with van der Waals surface area (Å²) in [6.07, 6.45) is 17.5. The molecule has 0 aliphatic rings. The Labute approximate surface area is 243 Å². The summed E-state index contributed by atoms with van der Waals surface area (Å²) in [5.41, 5.74) is 3.16. The summed E-state index contributed by atoms with van der Waals surface area (Å²) in [6.45, 7) is 4.88. The highest BCUT2D eigenvalue weighted by Crippen LogP contribution is 2.25. The molecule has 3 rings (SSSR count). The van der Waals surface area contributed by atoms with E-state index < -0.39 is 4.87 Å². The number of hydrogen-bond acceptors (Lipinski definition) is 6. The van der Waals surface area contributed by atoms with Gasteiger partial charge in [0.25, 0.3) is 0 Å². The second-order valence-corrected chi connectivity index (χ2v) is 11.6. The first-order valence-electron chi connectivity index (χ1n) is 15.1. The van der Waals surface area contributed by atoms with Crippen LogP contribution in [0.5, 0.6) is 11.6 Å². The van der Waals surface area contributed by atoms with Gasteiger partial charge in [0.2, 0.25) is 11.8 Å². The van der Waals surface area contributed by atoms with Crippen molar-refractivity contribution in [3.05, 3.63) is 74.0 Å². The topological polar surface area (TPSA) is 81.4 Å². The fourth-order valence-corrected chi connectivity index (χ4v) is 5.68. The first-order chi connectivity index (χ1) is 19.5. The Morgan fingerprint density at radius 2 is 1.50 bits per heavy atom. The van der Waals surface area contributed by atoms with E-state index in [0.717, 1.165) is 65.0 Å². The molecule has 1 aromatic carbocycles. The van der Waals surface area contributed by atoms with Gasteiger partial charge < -0.3 is 9.84 Å². The minimum absolute atomic E-state index is 0.218. The number of aromatic nitrogens is 2. The second-order valence-electron chi connectivity index (χ2n) is 10.6. The quantitative estimate of drug-likeness (QED) is 0.148. The van der Waals surface area contributed by atoms with Crippen LogP contribution in [0.4, 0.5) is 0 Å². The molecule has 0 unspecified atom stereocenters. The lowest BCUT2D eigenvalue weighted by atomic mass is 10.1. The van der Waals surface area contributed by atoms with Crippen molar-refractivity contribution in [3.8, 4) is 11.6 Å². The third kappa shape index (κ3) is 10.6. The smallest absolute Gasteiger partial charge is 0.317 e. The molecule has 218 valence electrons. The summed E-state index contributed by atoms with van der Waals surface area (Å²) in [5.74, 6) is 0.222. The number of aromatic hydroxyl groups is 1. The number of benzene rings is 1. The van der Waals surface area contributed by atoms with Crippen molar-refractivity contribution in [1.29, 1.82) is 0 Å². The predicted molar refractivity (Wildman–Crippen MR) is 164 cm³/mol. The van der Waals surface area contributed by atoms with Gasteiger partial charge in [-0.1, -0.05) is 108 Å². The summed E-state index contributed by atoms with van der Waals surface area (Å²) < 4.78 is 6.81. The number of nitrogens with zero attached hydrogens (tertiary/aromatic N) is 2. The van der Waals surface area contributed by atoms with Crippen LogP contribution in [-0.2, 0) is 19.3 Å². The molecule has 0 saturated heterocycles. The summed E-state index contributed by atoms with van der Waals surface area (Å²) in [6, 6.07) is 11.8. The lowest BCUT2D eigenvalue weighted by molar-refractivity contribution is 0.0886. The molecule has 0 saturated carbocycles. The van der Waals surface area contributed by atoms with E-state index in [-0.39, 0.29) is 18.2 Å². The van der Waals surface area contributed by atoms with E-state index in [4.69, 9.17) is 4.74 Å². The number of hydrogen-bond donors (Lipinski definition) is 1. The van der Waals surface area contributed by atoms with Crippen LogP contribution in [-0.4, -0.2) is 27.2 Å². The van der Waals surface area contributed by atoms with E-state index in [1.807, 2.05) is 36.5 Å². The number of pyridine rings is 1. The Morgan fingerprint density at radius 3 is 2.10 bits per heavy atom. The van der Waals surface area contributed by atoms with Crippen molar-refractivity contribution in [2.45, 2.75) is 110 Å². The molecule has 0 amide bonds. The number of unbranched alkanes of at least 4 members (excludes halogenated alkanes) is 10. The number of ether oxygens (including phenoxy) is 1. The van der Waals surface area contributed by atoms with E-state index in [0.29, 0.717) is 17.9 Å². The first kappa shape index (κ1) is 31.6. The van der Waals surface area contributed by atoms with Gasteiger partial charge in [-0.2, -0.15) is 0 Å². The first-order valence-corrected chi connectivity index (χ1v) is 16.0. The Balaban J connectivity index is 1.38.